The first kappa shape index (κ1) is 25.6. The Hall–Kier alpha value is -5.06. The van der Waals surface area contributed by atoms with Crippen LogP contribution in [0.2, 0.25) is 0 Å². The van der Waals surface area contributed by atoms with Gasteiger partial charge in [0.1, 0.15) is 5.82 Å². The molecule has 0 unspecified atom stereocenters. The van der Waals surface area contributed by atoms with Crippen LogP contribution in [0, 0.1) is 0 Å². The number of rotatable bonds is 10. The number of aromatic amines is 1. The minimum atomic E-state index is -1.10. The average molecular weight is 526 g/mol. The Balaban J connectivity index is 1.49. The Morgan fingerprint density at radius 3 is 2.46 bits per heavy atom. The summed E-state index contributed by atoms with van der Waals surface area (Å²) in [5, 5.41) is 24.6. The Kier molecular flexibility index (Phi) is 7.30. The van der Waals surface area contributed by atoms with Gasteiger partial charge in [0.05, 0.1) is 12.2 Å². The third-order valence-corrected chi connectivity index (χ3v) is 6.27. The number of nitrogens with zero attached hydrogens (tertiary/aromatic N) is 6. The summed E-state index contributed by atoms with van der Waals surface area (Å²) in [6.07, 6.45) is 4.56. The molecular formula is C28H27N7O4. The molecule has 0 amide bonds. The smallest absolute Gasteiger partial charge is 0.356 e. The lowest BCUT2D eigenvalue weighted by atomic mass is 9.98. The molecule has 3 aromatic heterocycles. The predicted molar refractivity (Wildman–Crippen MR) is 143 cm³/mol. The van der Waals surface area contributed by atoms with Crippen LogP contribution in [0.4, 0.5) is 0 Å². The van der Waals surface area contributed by atoms with Crippen molar-refractivity contribution in [3.63, 3.8) is 0 Å². The Labute approximate surface area is 224 Å². The predicted octanol–water partition coefficient (Wildman–Crippen LogP) is 4.40. The highest BCUT2D eigenvalue weighted by atomic mass is 16.5. The number of aromatic carboxylic acids is 1. The number of ether oxygens (including phenoxy) is 1. The summed E-state index contributed by atoms with van der Waals surface area (Å²) in [4.78, 5) is 29.3. The molecule has 0 saturated carbocycles. The van der Waals surface area contributed by atoms with Gasteiger partial charge in [-0.2, -0.15) is 5.21 Å². The third-order valence-electron chi connectivity index (χ3n) is 6.27. The maximum atomic E-state index is 12.5. The third kappa shape index (κ3) is 5.19. The van der Waals surface area contributed by atoms with Gasteiger partial charge in [-0.15, -0.1) is 10.2 Å². The van der Waals surface area contributed by atoms with Gasteiger partial charge in [-0.3, -0.25) is 0 Å². The van der Waals surface area contributed by atoms with Gasteiger partial charge in [-0.25, -0.2) is 14.6 Å². The van der Waals surface area contributed by atoms with Crippen molar-refractivity contribution in [1.29, 1.82) is 0 Å². The van der Waals surface area contributed by atoms with E-state index in [0.29, 0.717) is 30.2 Å². The number of aromatic nitrogens is 7. The van der Waals surface area contributed by atoms with Crippen LogP contribution in [0.25, 0.3) is 28.3 Å². The second-order valence-electron chi connectivity index (χ2n) is 8.85. The second kappa shape index (κ2) is 11.1. The van der Waals surface area contributed by atoms with E-state index < -0.39 is 11.9 Å². The lowest BCUT2D eigenvalue weighted by Gasteiger charge is -2.12. The highest BCUT2D eigenvalue weighted by Crippen LogP contribution is 2.30. The molecule has 5 aromatic rings. The second-order valence-corrected chi connectivity index (χ2v) is 8.85. The zero-order valence-corrected chi connectivity index (χ0v) is 21.5. The molecule has 2 N–H and O–H groups in total. The number of aryl methyl sites for hydroxylation is 1. The molecule has 0 aliphatic heterocycles. The van der Waals surface area contributed by atoms with Crippen LogP contribution in [-0.2, 0) is 17.7 Å². The Morgan fingerprint density at radius 2 is 1.79 bits per heavy atom. The van der Waals surface area contributed by atoms with Crippen molar-refractivity contribution in [2.45, 2.75) is 33.2 Å². The summed E-state index contributed by atoms with van der Waals surface area (Å²) in [5.41, 5.74) is 4.08. The number of benzene rings is 2. The molecule has 0 atom stereocenters. The molecule has 2 aromatic carbocycles. The van der Waals surface area contributed by atoms with Crippen molar-refractivity contribution in [3.05, 3.63) is 89.6 Å². The van der Waals surface area contributed by atoms with Crippen LogP contribution in [0.1, 0.15) is 52.5 Å². The zero-order valence-electron chi connectivity index (χ0n) is 21.5. The molecule has 0 aliphatic carbocycles. The molecule has 0 saturated heterocycles. The fraction of sp³-hybridized carbons (Fsp3) is 0.214. The lowest BCUT2D eigenvalue weighted by molar-refractivity contribution is 0.0526. The highest BCUT2D eigenvalue weighted by molar-refractivity contribution is 5.91. The van der Waals surface area contributed by atoms with Crippen LogP contribution in [0.15, 0.2) is 67.0 Å². The van der Waals surface area contributed by atoms with E-state index in [1.165, 1.54) is 0 Å². The van der Waals surface area contributed by atoms with Crippen molar-refractivity contribution in [3.8, 4) is 28.3 Å². The molecule has 0 fully saturated rings. The molecule has 0 spiro atoms. The van der Waals surface area contributed by atoms with E-state index in [9.17, 15) is 14.7 Å². The van der Waals surface area contributed by atoms with Gasteiger partial charge in [0.15, 0.2) is 11.5 Å². The van der Waals surface area contributed by atoms with E-state index in [0.717, 1.165) is 28.7 Å². The van der Waals surface area contributed by atoms with Crippen LogP contribution in [0.3, 0.4) is 0 Å². The van der Waals surface area contributed by atoms with Crippen molar-refractivity contribution < 1.29 is 19.4 Å². The van der Waals surface area contributed by atoms with Crippen LogP contribution in [-0.4, -0.2) is 58.4 Å². The average Bonchev–Trinajstić information content (AvgIpc) is 3.71. The fourth-order valence-electron chi connectivity index (χ4n) is 4.50. The molecular weight excluding hydrogens is 498 g/mol. The van der Waals surface area contributed by atoms with E-state index in [4.69, 9.17) is 4.74 Å². The Morgan fingerprint density at radius 1 is 1.03 bits per heavy atom. The fourth-order valence-corrected chi connectivity index (χ4v) is 4.50. The quantitative estimate of drug-likeness (QED) is 0.256. The van der Waals surface area contributed by atoms with Crippen molar-refractivity contribution in [2.75, 3.05) is 6.61 Å². The van der Waals surface area contributed by atoms with Gasteiger partial charge < -0.3 is 19.0 Å². The number of carbonyl (C=O) groups excluding carboxylic acids is 1. The molecule has 39 heavy (non-hydrogen) atoms. The molecule has 198 valence electrons. The minimum absolute atomic E-state index is 0.0518. The van der Waals surface area contributed by atoms with Gasteiger partial charge in [0.2, 0.25) is 5.82 Å². The van der Waals surface area contributed by atoms with Crippen molar-refractivity contribution in [1.82, 2.24) is 34.7 Å². The highest BCUT2D eigenvalue weighted by Gasteiger charge is 2.24. The van der Waals surface area contributed by atoms with Gasteiger partial charge in [-0.1, -0.05) is 55.5 Å². The first-order valence-electron chi connectivity index (χ1n) is 12.6. The van der Waals surface area contributed by atoms with Gasteiger partial charge in [0, 0.05) is 30.9 Å². The van der Waals surface area contributed by atoms with Gasteiger partial charge in [-0.05, 0) is 41.3 Å². The van der Waals surface area contributed by atoms with Crippen LogP contribution in [0.5, 0.6) is 0 Å². The number of esters is 1. The van der Waals surface area contributed by atoms with Crippen LogP contribution >= 0.6 is 0 Å². The summed E-state index contributed by atoms with van der Waals surface area (Å²) in [6.45, 7) is 4.32. The first-order valence-corrected chi connectivity index (χ1v) is 12.6. The number of H-pyrrole nitrogens is 1. The zero-order chi connectivity index (χ0) is 27.4. The maximum absolute atomic E-state index is 12.5. The number of carboxylic acids is 1. The van der Waals surface area contributed by atoms with E-state index in [1.54, 1.807) is 34.5 Å². The van der Waals surface area contributed by atoms with E-state index in [-0.39, 0.29) is 18.1 Å². The molecule has 11 heteroatoms. The van der Waals surface area contributed by atoms with Crippen molar-refractivity contribution >= 4 is 11.9 Å². The molecule has 0 aliphatic rings. The number of carbonyl (C=O) groups is 2. The van der Waals surface area contributed by atoms with E-state index in [2.05, 4.69) is 25.6 Å². The topological polar surface area (TPSA) is 141 Å². The SMILES string of the molecule is CCCc1nc(-n2ccc(C(=O)OCC)c2)c(C(=O)O)n1Cc1ccc(-c2ccccc2-c2nn[nH]n2)cc1. The Bertz CT molecular complexity index is 1600. The molecule has 11 nitrogen and oxygen atoms in total. The summed E-state index contributed by atoms with van der Waals surface area (Å²) in [5.74, 6) is -0.152. The maximum Gasteiger partial charge on any atom is 0.356 e. The summed E-state index contributed by atoms with van der Waals surface area (Å²) in [7, 11) is 0. The number of carboxylic acid groups (broad SMARTS) is 1. The van der Waals surface area contributed by atoms with Gasteiger partial charge >= 0.3 is 11.9 Å². The number of imidazole rings is 1. The summed E-state index contributed by atoms with van der Waals surface area (Å²) < 4.78 is 8.35. The molecule has 0 radical (unpaired) electrons. The van der Waals surface area contributed by atoms with Gasteiger partial charge in [0.25, 0.3) is 0 Å². The number of tetrazole rings is 1. The number of hydrogen-bond acceptors (Lipinski definition) is 7. The summed E-state index contributed by atoms with van der Waals surface area (Å²) in [6, 6.07) is 17.3. The standard InChI is InChI=1S/C28H27N7O4/c1-3-7-23-29-26(34-15-14-20(17-34)28(38)39-4-2)24(27(36)37)35(23)16-18-10-12-19(13-11-18)21-8-5-6-9-22(21)25-30-32-33-31-25/h5-6,8-15,17H,3-4,7,16H2,1-2H3,(H,36,37)(H,30,31,32,33). The normalized spacial score (nSPS) is 11.0. The number of hydrogen-bond donors (Lipinski definition) is 2. The summed E-state index contributed by atoms with van der Waals surface area (Å²) >= 11 is 0. The molecule has 0 bridgehead atoms. The number of nitrogens with one attached hydrogen (secondary N) is 1. The van der Waals surface area contributed by atoms with Crippen molar-refractivity contribution in [2.24, 2.45) is 0 Å². The minimum Gasteiger partial charge on any atom is -0.476 e. The van der Waals surface area contributed by atoms with Crippen LogP contribution < -0.4 is 0 Å². The largest absolute Gasteiger partial charge is 0.476 e. The van der Waals surface area contributed by atoms with E-state index >= 15 is 0 Å². The lowest BCUT2D eigenvalue weighted by Crippen LogP contribution is -2.14. The first-order chi connectivity index (χ1) is 19.0. The van der Waals surface area contributed by atoms with E-state index in [1.807, 2.05) is 55.5 Å². The molecule has 5 rings (SSSR count). The monoisotopic (exact) mass is 525 g/mol. The molecule has 3 heterocycles.